The van der Waals surface area contributed by atoms with E-state index < -0.39 is 0 Å². The van der Waals surface area contributed by atoms with Gasteiger partial charge in [-0.1, -0.05) is 12.1 Å². The Morgan fingerprint density at radius 3 is 2.90 bits per heavy atom. The number of aromatic nitrogens is 3. The van der Waals surface area contributed by atoms with E-state index in [0.717, 1.165) is 27.9 Å². The molecule has 2 aromatic heterocycles. The van der Waals surface area contributed by atoms with Crippen molar-refractivity contribution >= 4 is 16.6 Å². The summed E-state index contributed by atoms with van der Waals surface area (Å²) in [6, 6.07) is 7.92. The van der Waals surface area contributed by atoms with Gasteiger partial charge < -0.3 is 10.1 Å². The first kappa shape index (κ1) is 12.5. The molecular formula is C15H16N4O. The summed E-state index contributed by atoms with van der Waals surface area (Å²) in [7, 11) is 3.59. The molecule has 0 amide bonds. The van der Waals surface area contributed by atoms with Gasteiger partial charge in [-0.05, 0) is 12.1 Å². The van der Waals surface area contributed by atoms with Crippen LogP contribution in [-0.4, -0.2) is 21.9 Å². The van der Waals surface area contributed by atoms with E-state index in [4.69, 9.17) is 4.74 Å². The van der Waals surface area contributed by atoms with E-state index in [1.807, 2.05) is 43.7 Å². The van der Waals surface area contributed by atoms with Gasteiger partial charge in [0.25, 0.3) is 0 Å². The lowest BCUT2D eigenvalue weighted by Gasteiger charge is -2.10. The molecule has 0 spiro atoms. The van der Waals surface area contributed by atoms with E-state index in [2.05, 4.69) is 15.4 Å². The third kappa shape index (κ3) is 2.30. The van der Waals surface area contributed by atoms with Crippen LogP contribution in [0.15, 0.2) is 42.9 Å². The van der Waals surface area contributed by atoms with Crippen LogP contribution in [0, 0.1) is 0 Å². The van der Waals surface area contributed by atoms with Crippen LogP contribution in [0.2, 0.25) is 0 Å². The fraction of sp³-hybridized carbons (Fsp3) is 0.200. The molecule has 5 heteroatoms. The van der Waals surface area contributed by atoms with Gasteiger partial charge in [0.1, 0.15) is 11.6 Å². The number of ether oxygens (including phenoxy) is 1. The van der Waals surface area contributed by atoms with Crippen LogP contribution in [-0.2, 0) is 13.6 Å². The van der Waals surface area contributed by atoms with Crippen molar-refractivity contribution in [2.75, 3.05) is 12.4 Å². The zero-order valence-electron chi connectivity index (χ0n) is 11.5. The molecule has 2 heterocycles. The molecule has 0 unspecified atom stereocenters. The molecule has 20 heavy (non-hydrogen) atoms. The number of nitrogens with zero attached hydrogens (tertiary/aromatic N) is 3. The minimum atomic E-state index is 0.692. The van der Waals surface area contributed by atoms with Crippen LogP contribution in [0.4, 0.5) is 5.82 Å². The van der Waals surface area contributed by atoms with Gasteiger partial charge in [0.15, 0.2) is 0 Å². The molecule has 0 aliphatic carbocycles. The highest BCUT2D eigenvalue weighted by atomic mass is 16.5. The van der Waals surface area contributed by atoms with Gasteiger partial charge in [0.05, 0.1) is 13.3 Å². The average molecular weight is 268 g/mol. The summed E-state index contributed by atoms with van der Waals surface area (Å²) in [4.78, 5) is 4.41. The molecule has 0 atom stereocenters. The fourth-order valence-corrected chi connectivity index (χ4v) is 2.25. The predicted molar refractivity (Wildman–Crippen MR) is 78.8 cm³/mol. The summed E-state index contributed by atoms with van der Waals surface area (Å²) in [5.41, 5.74) is 1.12. The highest BCUT2D eigenvalue weighted by Crippen LogP contribution is 2.29. The predicted octanol–water partition coefficient (Wildman–Crippen LogP) is 2.59. The van der Waals surface area contributed by atoms with Crippen molar-refractivity contribution in [2.24, 2.45) is 7.05 Å². The van der Waals surface area contributed by atoms with Crippen molar-refractivity contribution < 1.29 is 4.74 Å². The number of methoxy groups -OCH3 is 1. The summed E-state index contributed by atoms with van der Waals surface area (Å²) in [6.07, 6.45) is 5.62. The summed E-state index contributed by atoms with van der Waals surface area (Å²) in [5, 5.41) is 9.61. The topological polar surface area (TPSA) is 52.0 Å². The van der Waals surface area contributed by atoms with E-state index >= 15 is 0 Å². The van der Waals surface area contributed by atoms with Gasteiger partial charge in [0, 0.05) is 42.3 Å². The maximum Gasteiger partial charge on any atom is 0.134 e. The van der Waals surface area contributed by atoms with Crippen molar-refractivity contribution in [2.45, 2.75) is 6.54 Å². The van der Waals surface area contributed by atoms with Crippen LogP contribution in [0.3, 0.4) is 0 Å². The third-order valence-electron chi connectivity index (χ3n) is 3.20. The van der Waals surface area contributed by atoms with E-state index in [1.54, 1.807) is 18.0 Å². The van der Waals surface area contributed by atoms with E-state index in [-0.39, 0.29) is 0 Å². The molecule has 0 aliphatic rings. The number of anilines is 1. The summed E-state index contributed by atoms with van der Waals surface area (Å²) in [6.45, 7) is 0.692. The highest BCUT2D eigenvalue weighted by Gasteiger charge is 2.06. The molecule has 0 fully saturated rings. The number of fused-ring (bicyclic) bond motifs is 1. The number of aryl methyl sites for hydroxylation is 1. The van der Waals surface area contributed by atoms with Gasteiger partial charge in [-0.25, -0.2) is 4.98 Å². The molecule has 1 N–H and O–H groups in total. The van der Waals surface area contributed by atoms with Gasteiger partial charge in [-0.15, -0.1) is 0 Å². The molecule has 0 saturated carbocycles. The van der Waals surface area contributed by atoms with E-state index in [1.165, 1.54) is 0 Å². The Hall–Kier alpha value is -2.56. The maximum absolute atomic E-state index is 5.38. The van der Waals surface area contributed by atoms with Crippen LogP contribution in [0.1, 0.15) is 5.56 Å². The lowest BCUT2D eigenvalue weighted by Crippen LogP contribution is -2.01. The zero-order valence-corrected chi connectivity index (χ0v) is 11.5. The highest BCUT2D eigenvalue weighted by molar-refractivity contribution is 5.95. The summed E-state index contributed by atoms with van der Waals surface area (Å²) < 4.78 is 7.17. The third-order valence-corrected chi connectivity index (χ3v) is 3.20. The van der Waals surface area contributed by atoms with Crippen molar-refractivity contribution in [1.29, 1.82) is 0 Å². The number of nitrogens with one attached hydrogen (secondary N) is 1. The summed E-state index contributed by atoms with van der Waals surface area (Å²) >= 11 is 0. The quantitative estimate of drug-likeness (QED) is 0.790. The monoisotopic (exact) mass is 268 g/mol. The molecule has 0 aliphatic heterocycles. The number of pyridine rings is 1. The Bertz CT molecular complexity index is 736. The van der Waals surface area contributed by atoms with Crippen molar-refractivity contribution in [3.63, 3.8) is 0 Å². The van der Waals surface area contributed by atoms with Crippen LogP contribution >= 0.6 is 0 Å². The van der Waals surface area contributed by atoms with Gasteiger partial charge in [-0.2, -0.15) is 5.10 Å². The molecule has 1 aromatic carbocycles. The lowest BCUT2D eigenvalue weighted by molar-refractivity contribution is 0.420. The van der Waals surface area contributed by atoms with Crippen molar-refractivity contribution in [1.82, 2.24) is 14.8 Å². The van der Waals surface area contributed by atoms with E-state index in [0.29, 0.717) is 6.54 Å². The number of rotatable bonds is 4. The van der Waals surface area contributed by atoms with Crippen LogP contribution < -0.4 is 10.1 Å². The minimum Gasteiger partial charge on any atom is -0.496 e. The Kier molecular flexibility index (Phi) is 3.25. The molecule has 0 saturated heterocycles. The second-order valence-corrected chi connectivity index (χ2v) is 4.59. The molecule has 5 nitrogen and oxygen atoms in total. The normalized spacial score (nSPS) is 10.7. The maximum atomic E-state index is 5.38. The smallest absolute Gasteiger partial charge is 0.134 e. The average Bonchev–Trinajstić information content (AvgIpc) is 2.90. The number of benzene rings is 1. The molecule has 3 aromatic rings. The van der Waals surface area contributed by atoms with Crippen molar-refractivity contribution in [3.8, 4) is 5.75 Å². The standard InChI is InChI=1S/C15H16N4O/c1-19-10-11(9-18-19)8-17-15-13-4-3-5-14(20-2)12(13)6-7-16-15/h3-7,9-10H,8H2,1-2H3,(H,16,17). The van der Waals surface area contributed by atoms with Gasteiger partial charge in [0.2, 0.25) is 0 Å². The largest absolute Gasteiger partial charge is 0.496 e. The molecular weight excluding hydrogens is 252 g/mol. The first-order chi connectivity index (χ1) is 9.78. The van der Waals surface area contributed by atoms with Gasteiger partial charge in [-0.3, -0.25) is 4.68 Å². The number of hydrogen-bond acceptors (Lipinski definition) is 4. The second kappa shape index (κ2) is 5.21. The molecule has 0 bridgehead atoms. The lowest BCUT2D eigenvalue weighted by atomic mass is 10.1. The minimum absolute atomic E-state index is 0.692. The first-order valence-electron chi connectivity index (χ1n) is 6.41. The Labute approximate surface area is 117 Å². The van der Waals surface area contributed by atoms with Gasteiger partial charge >= 0.3 is 0 Å². The second-order valence-electron chi connectivity index (χ2n) is 4.59. The van der Waals surface area contributed by atoms with Crippen LogP contribution in [0.5, 0.6) is 5.75 Å². The SMILES string of the molecule is COc1cccc2c(NCc3cnn(C)c3)nccc12. The Balaban J connectivity index is 1.91. The summed E-state index contributed by atoms with van der Waals surface area (Å²) in [5.74, 6) is 1.71. The Morgan fingerprint density at radius 2 is 2.15 bits per heavy atom. The molecule has 102 valence electrons. The molecule has 0 radical (unpaired) electrons. The van der Waals surface area contributed by atoms with Crippen LogP contribution in [0.25, 0.3) is 10.8 Å². The zero-order chi connectivity index (χ0) is 13.9. The molecule has 3 rings (SSSR count). The number of hydrogen-bond donors (Lipinski definition) is 1. The fourth-order valence-electron chi connectivity index (χ4n) is 2.25. The van der Waals surface area contributed by atoms with Crippen molar-refractivity contribution in [3.05, 3.63) is 48.4 Å². The Morgan fingerprint density at radius 1 is 1.25 bits per heavy atom. The first-order valence-corrected chi connectivity index (χ1v) is 6.41. The van der Waals surface area contributed by atoms with E-state index in [9.17, 15) is 0 Å².